The van der Waals surface area contributed by atoms with Crippen LogP contribution < -0.4 is 4.67 Å². The number of aryl methyl sites for hydroxylation is 2. The van der Waals surface area contributed by atoms with E-state index in [1.165, 1.54) is 19.0 Å². The second-order valence-corrected chi connectivity index (χ2v) is 6.10. The van der Waals surface area contributed by atoms with Gasteiger partial charge in [0.2, 0.25) is 0 Å². The molecule has 1 fully saturated rings. The van der Waals surface area contributed by atoms with Gasteiger partial charge in [0.1, 0.15) is 0 Å². The van der Waals surface area contributed by atoms with Crippen LogP contribution in [0, 0.1) is 6.92 Å². The molecule has 1 aromatic rings. The molecule has 0 amide bonds. The van der Waals surface area contributed by atoms with Crippen molar-refractivity contribution in [3.8, 4) is 0 Å². The molecule has 0 radical (unpaired) electrons. The molecule has 3 nitrogen and oxygen atoms in total. The van der Waals surface area contributed by atoms with E-state index in [1.54, 1.807) is 0 Å². The molecule has 5 heteroatoms. The summed E-state index contributed by atoms with van der Waals surface area (Å²) in [6.07, 6.45) is 5.91. The summed E-state index contributed by atoms with van der Waals surface area (Å²) < 4.78 is 2.30. The Hall–Kier alpha value is -0.400. The molecule has 1 aromatic heterocycles. The molecule has 2 heterocycles. The highest BCUT2D eigenvalue weighted by molar-refractivity contribution is 7.40. The maximum Gasteiger partial charge on any atom is 0.172 e. The second kappa shape index (κ2) is 12.2. The molecular formula is C16H31ClN3P. The van der Waals surface area contributed by atoms with Gasteiger partial charge in [0.05, 0.1) is 11.4 Å². The van der Waals surface area contributed by atoms with Crippen molar-refractivity contribution < 1.29 is 0 Å². The minimum atomic E-state index is 0.566. The number of halogens is 1. The molecule has 1 aliphatic heterocycles. The molecular weight excluding hydrogens is 301 g/mol. The zero-order valence-corrected chi connectivity index (χ0v) is 16.2. The lowest BCUT2D eigenvalue weighted by atomic mass is 10.2. The molecule has 0 spiro atoms. The van der Waals surface area contributed by atoms with Gasteiger partial charge in [-0.1, -0.05) is 52.6 Å². The van der Waals surface area contributed by atoms with E-state index in [2.05, 4.69) is 16.6 Å². The highest BCUT2D eigenvalue weighted by atomic mass is 35.5. The SMILES string of the molecule is CC.CC.CCCc1nc(N2CCCCP2)c(Cl)nc1C. The monoisotopic (exact) mass is 331 g/mol. The molecule has 1 unspecified atom stereocenters. The fourth-order valence-electron chi connectivity index (χ4n) is 2.03. The average Bonchev–Trinajstić information content (AvgIpc) is 2.55. The molecule has 1 atom stereocenters. The topological polar surface area (TPSA) is 29.0 Å². The first-order valence-corrected chi connectivity index (χ1v) is 9.79. The van der Waals surface area contributed by atoms with E-state index in [1.807, 2.05) is 34.6 Å². The molecule has 0 aliphatic carbocycles. The van der Waals surface area contributed by atoms with Crippen LogP contribution in [0.2, 0.25) is 5.15 Å². The molecule has 122 valence electrons. The fraction of sp³-hybridized carbons (Fsp3) is 0.750. The van der Waals surface area contributed by atoms with E-state index in [9.17, 15) is 0 Å². The van der Waals surface area contributed by atoms with Crippen molar-refractivity contribution in [3.63, 3.8) is 0 Å². The van der Waals surface area contributed by atoms with Crippen molar-refractivity contribution in [2.24, 2.45) is 0 Å². The third-order valence-electron chi connectivity index (χ3n) is 2.96. The average molecular weight is 332 g/mol. The lowest BCUT2D eigenvalue weighted by Gasteiger charge is -2.28. The van der Waals surface area contributed by atoms with Gasteiger partial charge in [-0.15, -0.1) is 0 Å². The number of hydrogen-bond acceptors (Lipinski definition) is 3. The number of aromatic nitrogens is 2. The van der Waals surface area contributed by atoms with Gasteiger partial charge in [0, 0.05) is 6.54 Å². The first kappa shape index (κ1) is 20.6. The van der Waals surface area contributed by atoms with E-state index in [0.29, 0.717) is 5.15 Å². The maximum atomic E-state index is 6.22. The Morgan fingerprint density at radius 1 is 1.14 bits per heavy atom. The van der Waals surface area contributed by atoms with E-state index in [0.717, 1.165) is 45.3 Å². The Morgan fingerprint density at radius 2 is 1.81 bits per heavy atom. The second-order valence-electron chi connectivity index (χ2n) is 4.39. The third kappa shape index (κ3) is 6.48. The normalized spacial score (nSPS) is 14.9. The summed E-state index contributed by atoms with van der Waals surface area (Å²) in [7, 11) is 0.808. The largest absolute Gasteiger partial charge is 0.336 e. The summed E-state index contributed by atoms with van der Waals surface area (Å²) in [5.74, 6) is 0.902. The fourth-order valence-corrected chi connectivity index (χ4v) is 3.67. The summed E-state index contributed by atoms with van der Waals surface area (Å²) in [4.78, 5) is 9.16. The Morgan fingerprint density at radius 3 is 2.33 bits per heavy atom. The Bertz CT molecular complexity index is 393. The smallest absolute Gasteiger partial charge is 0.172 e. The van der Waals surface area contributed by atoms with Crippen molar-refractivity contribution in [2.75, 3.05) is 17.4 Å². The first-order chi connectivity index (χ1) is 10.2. The molecule has 21 heavy (non-hydrogen) atoms. The molecule has 0 saturated carbocycles. The van der Waals surface area contributed by atoms with Crippen LogP contribution in [0.1, 0.15) is 65.3 Å². The summed E-state index contributed by atoms with van der Waals surface area (Å²) in [5, 5.41) is 0.566. The maximum absolute atomic E-state index is 6.22. The van der Waals surface area contributed by atoms with Crippen LogP contribution in [0.3, 0.4) is 0 Å². The van der Waals surface area contributed by atoms with Gasteiger partial charge in [-0.2, -0.15) is 0 Å². The predicted octanol–water partition coefficient (Wildman–Crippen LogP) is 5.64. The molecule has 2 rings (SSSR count). The number of anilines is 1. The van der Waals surface area contributed by atoms with Crippen LogP contribution >= 0.6 is 20.3 Å². The lowest BCUT2D eigenvalue weighted by molar-refractivity contribution is 0.770. The number of rotatable bonds is 3. The van der Waals surface area contributed by atoms with Gasteiger partial charge in [0.15, 0.2) is 11.0 Å². The molecule has 1 aliphatic rings. The van der Waals surface area contributed by atoms with Crippen LogP contribution in [-0.2, 0) is 6.42 Å². The molecule has 0 N–H and O–H groups in total. The summed E-state index contributed by atoms with van der Waals surface area (Å²) >= 11 is 6.22. The standard InChI is InChI=1S/C12H19ClN3P.2C2H6/c1-3-6-10-9(2)14-11(13)12(15-10)16-7-4-5-8-17-16;2*1-2/h17H,3-8H2,1-2H3;2*1-2H3. The quantitative estimate of drug-likeness (QED) is 0.671. The predicted molar refractivity (Wildman–Crippen MR) is 98.2 cm³/mol. The first-order valence-electron chi connectivity index (χ1n) is 8.26. The summed E-state index contributed by atoms with van der Waals surface area (Å²) in [6, 6.07) is 0. The third-order valence-corrected chi connectivity index (χ3v) is 4.61. The van der Waals surface area contributed by atoms with Crippen LogP contribution in [0.4, 0.5) is 5.82 Å². The molecule has 1 saturated heterocycles. The van der Waals surface area contributed by atoms with Gasteiger partial charge in [-0.25, -0.2) is 9.97 Å². The van der Waals surface area contributed by atoms with Crippen molar-refractivity contribution >= 4 is 26.2 Å². The van der Waals surface area contributed by atoms with E-state index >= 15 is 0 Å². The highest BCUT2D eigenvalue weighted by Gasteiger charge is 2.18. The summed E-state index contributed by atoms with van der Waals surface area (Å²) in [6.45, 7) is 13.2. The van der Waals surface area contributed by atoms with Gasteiger partial charge >= 0.3 is 0 Å². The molecule has 0 aromatic carbocycles. The van der Waals surface area contributed by atoms with Crippen LogP contribution in [0.5, 0.6) is 0 Å². The van der Waals surface area contributed by atoms with Crippen molar-refractivity contribution in [1.82, 2.24) is 9.97 Å². The zero-order valence-electron chi connectivity index (χ0n) is 14.5. The van der Waals surface area contributed by atoms with Gasteiger partial charge in [-0.05, 0) is 41.1 Å². The van der Waals surface area contributed by atoms with Crippen molar-refractivity contribution in [2.45, 2.75) is 67.2 Å². The zero-order chi connectivity index (χ0) is 16.3. The minimum Gasteiger partial charge on any atom is -0.336 e. The highest BCUT2D eigenvalue weighted by Crippen LogP contribution is 2.35. The van der Waals surface area contributed by atoms with Crippen LogP contribution in [-0.4, -0.2) is 22.7 Å². The number of nitrogens with zero attached hydrogens (tertiary/aromatic N) is 3. The Balaban J connectivity index is 0.000000921. The molecule has 0 bridgehead atoms. The number of hydrogen-bond donors (Lipinski definition) is 0. The van der Waals surface area contributed by atoms with E-state index < -0.39 is 0 Å². The van der Waals surface area contributed by atoms with E-state index in [4.69, 9.17) is 16.6 Å². The summed E-state index contributed by atoms with van der Waals surface area (Å²) in [5.41, 5.74) is 2.07. The minimum absolute atomic E-state index is 0.566. The van der Waals surface area contributed by atoms with Crippen LogP contribution in [0.15, 0.2) is 0 Å². The Kier molecular flexibility index (Phi) is 11.9. The van der Waals surface area contributed by atoms with E-state index in [-0.39, 0.29) is 0 Å². The van der Waals surface area contributed by atoms with Gasteiger partial charge < -0.3 is 4.67 Å². The van der Waals surface area contributed by atoms with Gasteiger partial charge in [-0.3, -0.25) is 0 Å². The van der Waals surface area contributed by atoms with Crippen LogP contribution in [0.25, 0.3) is 0 Å². The van der Waals surface area contributed by atoms with Crippen molar-refractivity contribution in [1.29, 1.82) is 0 Å². The van der Waals surface area contributed by atoms with Gasteiger partial charge in [0.25, 0.3) is 0 Å². The Labute approximate surface area is 137 Å². The lowest BCUT2D eigenvalue weighted by Crippen LogP contribution is -2.21. The van der Waals surface area contributed by atoms with Crippen molar-refractivity contribution in [3.05, 3.63) is 16.5 Å².